The van der Waals surface area contributed by atoms with Crippen LogP contribution in [0, 0.1) is 19.8 Å². The van der Waals surface area contributed by atoms with E-state index in [4.69, 9.17) is 4.74 Å². The van der Waals surface area contributed by atoms with Gasteiger partial charge in [0.15, 0.2) is 0 Å². The summed E-state index contributed by atoms with van der Waals surface area (Å²) >= 11 is 0. The number of H-pyrrole nitrogens is 1. The summed E-state index contributed by atoms with van der Waals surface area (Å²) in [4.78, 5) is 29.8. The number of nitrogens with zero attached hydrogens (tertiary/aromatic N) is 2. The van der Waals surface area contributed by atoms with E-state index in [1.165, 1.54) is 19.1 Å². The van der Waals surface area contributed by atoms with Gasteiger partial charge in [0.2, 0.25) is 0 Å². The van der Waals surface area contributed by atoms with Gasteiger partial charge in [-0.15, -0.1) is 0 Å². The van der Waals surface area contributed by atoms with Gasteiger partial charge in [0.25, 0.3) is 11.5 Å². The highest BCUT2D eigenvalue weighted by Gasteiger charge is 2.45. The molecule has 0 radical (unpaired) electrons. The molecule has 0 aliphatic carbocycles. The number of aromatic nitrogens is 2. The van der Waals surface area contributed by atoms with Gasteiger partial charge in [-0.3, -0.25) is 14.5 Å². The van der Waals surface area contributed by atoms with Crippen LogP contribution in [0.15, 0.2) is 35.1 Å². The van der Waals surface area contributed by atoms with Crippen molar-refractivity contribution in [2.75, 3.05) is 20.7 Å². The van der Waals surface area contributed by atoms with Crippen molar-refractivity contribution in [3.8, 4) is 5.75 Å². The van der Waals surface area contributed by atoms with E-state index in [1.807, 2.05) is 35.8 Å². The number of carbonyl (C=O) groups is 1. The van der Waals surface area contributed by atoms with Crippen molar-refractivity contribution in [2.45, 2.75) is 52.0 Å². The van der Waals surface area contributed by atoms with Crippen LogP contribution in [-0.4, -0.2) is 53.3 Å². The predicted molar refractivity (Wildman–Crippen MR) is 131 cm³/mol. The molecule has 0 spiro atoms. The number of alkyl halides is 3. The van der Waals surface area contributed by atoms with Gasteiger partial charge in [-0.05, 0) is 58.3 Å². The number of aryl methyl sites for hydroxylation is 1. The number of amides is 1. The number of hydrogen-bond donors (Lipinski definition) is 2. The van der Waals surface area contributed by atoms with Crippen molar-refractivity contribution in [3.05, 3.63) is 63.2 Å². The number of carbonyl (C=O) groups excluding carboxylic acids is 1. The normalized spacial score (nSPS) is 19.0. The first-order chi connectivity index (χ1) is 17.0. The van der Waals surface area contributed by atoms with Crippen molar-refractivity contribution in [3.63, 3.8) is 0 Å². The lowest BCUT2D eigenvalue weighted by Gasteiger charge is -2.38. The highest BCUT2D eigenvalue weighted by Crippen LogP contribution is 2.35. The summed E-state index contributed by atoms with van der Waals surface area (Å²) in [7, 11) is 2.98. The fourth-order valence-electron chi connectivity index (χ4n) is 5.21. The Morgan fingerprint density at radius 2 is 1.97 bits per heavy atom. The lowest BCUT2D eigenvalue weighted by atomic mass is 9.90. The van der Waals surface area contributed by atoms with E-state index in [0.29, 0.717) is 47.8 Å². The maximum atomic E-state index is 13.5. The molecule has 2 atom stereocenters. The molecule has 1 saturated heterocycles. The molecule has 1 aliphatic rings. The monoisotopic (exact) mass is 504 g/mol. The van der Waals surface area contributed by atoms with Gasteiger partial charge in [-0.1, -0.05) is 18.2 Å². The zero-order valence-corrected chi connectivity index (χ0v) is 20.8. The average Bonchev–Trinajstić information content (AvgIpc) is 3.09. The van der Waals surface area contributed by atoms with Gasteiger partial charge in [-0.2, -0.15) is 13.2 Å². The standard InChI is InChI=1S/C26H31F3N4O3/c1-15-11-21(36-4)19(24(34)31-15)13-30-25(35)23-16(2)33(20-8-6-5-7-18(20)23)14-17-9-10-32(3)22(12-17)26(27,28)29/h5-8,11,17,22H,9-10,12-14H2,1-4H3,(H,30,35)(H,31,34). The largest absolute Gasteiger partial charge is 0.496 e. The number of rotatable bonds is 6. The first-order valence-corrected chi connectivity index (χ1v) is 11.9. The quantitative estimate of drug-likeness (QED) is 0.529. The van der Waals surface area contributed by atoms with Crippen LogP contribution in [0.3, 0.4) is 0 Å². The molecular formula is C26H31F3N4O3. The second-order valence-electron chi connectivity index (χ2n) is 9.53. The number of hydrogen-bond acceptors (Lipinski definition) is 4. The Balaban J connectivity index is 1.61. The number of ether oxygens (including phenoxy) is 1. The number of para-hydroxylation sites is 1. The molecule has 2 aromatic heterocycles. The van der Waals surface area contributed by atoms with Crippen molar-refractivity contribution < 1.29 is 22.7 Å². The van der Waals surface area contributed by atoms with E-state index in [1.54, 1.807) is 13.0 Å². The van der Waals surface area contributed by atoms with Gasteiger partial charge in [-0.25, -0.2) is 0 Å². The van der Waals surface area contributed by atoms with Gasteiger partial charge in [0.05, 0.1) is 24.8 Å². The molecule has 7 nitrogen and oxygen atoms in total. The molecule has 36 heavy (non-hydrogen) atoms. The molecule has 4 rings (SSSR count). The van der Waals surface area contributed by atoms with E-state index in [0.717, 1.165) is 10.9 Å². The van der Waals surface area contributed by atoms with E-state index in [-0.39, 0.29) is 30.3 Å². The fourth-order valence-corrected chi connectivity index (χ4v) is 5.21. The molecule has 2 unspecified atom stereocenters. The fraction of sp³-hybridized carbons (Fsp3) is 0.462. The topological polar surface area (TPSA) is 79.4 Å². The second-order valence-corrected chi connectivity index (χ2v) is 9.53. The van der Waals surface area contributed by atoms with E-state index in [9.17, 15) is 22.8 Å². The van der Waals surface area contributed by atoms with Crippen molar-refractivity contribution in [1.82, 2.24) is 19.8 Å². The van der Waals surface area contributed by atoms with Crippen LogP contribution >= 0.6 is 0 Å². The predicted octanol–water partition coefficient (Wildman–Crippen LogP) is 4.16. The number of methoxy groups -OCH3 is 1. The molecule has 0 bridgehead atoms. The Morgan fingerprint density at radius 1 is 1.25 bits per heavy atom. The van der Waals surface area contributed by atoms with Gasteiger partial charge in [0, 0.05) is 28.8 Å². The number of nitrogens with one attached hydrogen (secondary N) is 2. The number of halogens is 3. The maximum absolute atomic E-state index is 13.5. The second kappa shape index (κ2) is 10.0. The third kappa shape index (κ3) is 5.00. The lowest BCUT2D eigenvalue weighted by Crippen LogP contribution is -2.49. The number of pyridine rings is 1. The zero-order valence-electron chi connectivity index (χ0n) is 20.8. The van der Waals surface area contributed by atoms with Crippen LogP contribution in [0.25, 0.3) is 10.9 Å². The lowest BCUT2D eigenvalue weighted by molar-refractivity contribution is -0.192. The Labute approximate surface area is 207 Å². The molecule has 1 fully saturated rings. The summed E-state index contributed by atoms with van der Waals surface area (Å²) in [5.41, 5.74) is 2.55. The average molecular weight is 505 g/mol. The molecular weight excluding hydrogens is 473 g/mol. The van der Waals surface area contributed by atoms with E-state index in [2.05, 4.69) is 10.3 Å². The van der Waals surface area contributed by atoms with Gasteiger partial charge >= 0.3 is 6.18 Å². The maximum Gasteiger partial charge on any atom is 0.404 e. The third-order valence-corrected chi connectivity index (χ3v) is 7.13. The van der Waals surface area contributed by atoms with Crippen LogP contribution in [0.1, 0.15) is 40.2 Å². The molecule has 0 saturated carbocycles. The molecule has 10 heteroatoms. The summed E-state index contributed by atoms with van der Waals surface area (Å²) in [5.74, 6) is -0.146. The van der Waals surface area contributed by atoms with Crippen molar-refractivity contribution in [1.29, 1.82) is 0 Å². The number of fused-ring (bicyclic) bond motifs is 1. The summed E-state index contributed by atoms with van der Waals surface area (Å²) < 4.78 is 47.9. The highest BCUT2D eigenvalue weighted by atomic mass is 19.4. The summed E-state index contributed by atoms with van der Waals surface area (Å²) in [6.07, 6.45) is -3.61. The van der Waals surface area contributed by atoms with Crippen LogP contribution in [-0.2, 0) is 13.1 Å². The zero-order chi connectivity index (χ0) is 26.2. The molecule has 1 aliphatic heterocycles. The SMILES string of the molecule is COc1cc(C)[nH]c(=O)c1CNC(=O)c1c(C)n(CC2CCN(C)C(C(F)(F)F)C2)c2ccccc12. The van der Waals surface area contributed by atoms with Crippen LogP contribution in [0.4, 0.5) is 13.2 Å². The molecule has 1 amide bonds. The number of benzene rings is 1. The van der Waals surface area contributed by atoms with E-state index >= 15 is 0 Å². The van der Waals surface area contributed by atoms with Crippen LogP contribution in [0.5, 0.6) is 5.75 Å². The molecule has 2 N–H and O–H groups in total. The number of aromatic amines is 1. The Hall–Kier alpha value is -3.27. The molecule has 1 aromatic carbocycles. The summed E-state index contributed by atoms with van der Waals surface area (Å²) in [6, 6.07) is 7.61. The first kappa shape index (κ1) is 25.8. The molecule has 3 heterocycles. The Kier molecular flexibility index (Phi) is 7.17. The first-order valence-electron chi connectivity index (χ1n) is 11.9. The minimum Gasteiger partial charge on any atom is -0.496 e. The van der Waals surface area contributed by atoms with Crippen molar-refractivity contribution >= 4 is 16.8 Å². The number of likely N-dealkylation sites (tertiary alicyclic amines) is 1. The third-order valence-electron chi connectivity index (χ3n) is 7.13. The number of piperidine rings is 1. The Bertz CT molecular complexity index is 1330. The summed E-state index contributed by atoms with van der Waals surface area (Å²) in [5, 5.41) is 3.55. The Morgan fingerprint density at radius 3 is 2.67 bits per heavy atom. The minimum atomic E-state index is -4.28. The smallest absolute Gasteiger partial charge is 0.404 e. The van der Waals surface area contributed by atoms with Crippen molar-refractivity contribution in [2.24, 2.45) is 5.92 Å². The van der Waals surface area contributed by atoms with Crippen LogP contribution in [0.2, 0.25) is 0 Å². The van der Waals surface area contributed by atoms with Gasteiger partial charge in [0.1, 0.15) is 11.8 Å². The highest BCUT2D eigenvalue weighted by molar-refractivity contribution is 6.08. The molecule has 3 aromatic rings. The molecule has 194 valence electrons. The van der Waals surface area contributed by atoms with Gasteiger partial charge < -0.3 is 19.6 Å². The minimum absolute atomic E-state index is 0.0173. The summed E-state index contributed by atoms with van der Waals surface area (Å²) in [6.45, 7) is 4.29. The van der Waals surface area contributed by atoms with Crippen LogP contribution < -0.4 is 15.6 Å². The van der Waals surface area contributed by atoms with E-state index < -0.39 is 12.2 Å².